The van der Waals surface area contributed by atoms with Gasteiger partial charge in [-0.3, -0.25) is 0 Å². The van der Waals surface area contributed by atoms with E-state index in [1.807, 2.05) is 30.5 Å². The van der Waals surface area contributed by atoms with E-state index in [1.165, 1.54) is 6.08 Å². The minimum Gasteiger partial charge on any atom is -0.506 e. The fourth-order valence-corrected chi connectivity index (χ4v) is 3.28. The molecule has 2 atom stereocenters. The zero-order valence-corrected chi connectivity index (χ0v) is 12.3. The number of nitrogens with one attached hydrogen (secondary N) is 1. The normalized spacial score (nSPS) is 22.0. The maximum Gasteiger partial charge on any atom is 0.331 e. The van der Waals surface area contributed by atoms with Gasteiger partial charge in [0.1, 0.15) is 11.8 Å². The number of hydrogen-bond donors (Lipinski definition) is 2. The molecule has 2 heterocycles. The topological polar surface area (TPSA) is 58.6 Å². The average molecular weight is 301 g/mol. The standard InChI is InChI=1S/C16H15NO3S/c1-16(9-8-14(19)20-16)15(13-7-4-10-21-13)17-11-5-2-3-6-12(11)18/h2-10,15,17-18H,1H3/t15-,16-/m1/s1. The Kier molecular flexibility index (Phi) is 3.43. The van der Waals surface area contributed by atoms with Crippen LogP contribution in [0.1, 0.15) is 17.8 Å². The summed E-state index contributed by atoms with van der Waals surface area (Å²) in [5, 5.41) is 15.2. The van der Waals surface area contributed by atoms with Gasteiger partial charge in [-0.1, -0.05) is 18.2 Å². The molecule has 0 aliphatic carbocycles. The summed E-state index contributed by atoms with van der Waals surface area (Å²) in [6.07, 6.45) is 3.19. The second kappa shape index (κ2) is 5.26. The Labute approximate surface area is 126 Å². The van der Waals surface area contributed by atoms with E-state index >= 15 is 0 Å². The number of thiophene rings is 1. The smallest absolute Gasteiger partial charge is 0.331 e. The lowest BCUT2D eigenvalue weighted by Gasteiger charge is -2.32. The van der Waals surface area contributed by atoms with Gasteiger partial charge in [-0.2, -0.15) is 0 Å². The molecule has 108 valence electrons. The maximum absolute atomic E-state index is 11.5. The number of phenols is 1. The summed E-state index contributed by atoms with van der Waals surface area (Å²) in [5.41, 5.74) is -0.182. The number of hydrogen-bond acceptors (Lipinski definition) is 5. The number of aromatic hydroxyl groups is 1. The van der Waals surface area contributed by atoms with Gasteiger partial charge in [0.05, 0.1) is 5.69 Å². The number of carbonyl (C=O) groups excluding carboxylic acids is 1. The number of benzene rings is 1. The van der Waals surface area contributed by atoms with Gasteiger partial charge in [0, 0.05) is 11.0 Å². The van der Waals surface area contributed by atoms with Crippen molar-refractivity contribution in [3.63, 3.8) is 0 Å². The highest BCUT2D eigenvalue weighted by Crippen LogP contribution is 2.39. The molecule has 4 nitrogen and oxygen atoms in total. The van der Waals surface area contributed by atoms with Gasteiger partial charge in [-0.05, 0) is 36.6 Å². The molecule has 1 aromatic heterocycles. The molecule has 2 aromatic rings. The Balaban J connectivity index is 1.96. The molecule has 0 unspecified atom stereocenters. The molecule has 0 amide bonds. The lowest BCUT2D eigenvalue weighted by Crippen LogP contribution is -2.36. The Morgan fingerprint density at radius 2 is 2.10 bits per heavy atom. The fraction of sp³-hybridized carbons (Fsp3) is 0.188. The van der Waals surface area contributed by atoms with Gasteiger partial charge in [0.2, 0.25) is 0 Å². The van der Waals surface area contributed by atoms with Crippen LogP contribution in [0.2, 0.25) is 0 Å². The molecule has 1 aromatic carbocycles. The van der Waals surface area contributed by atoms with Crippen molar-refractivity contribution >= 4 is 23.0 Å². The molecule has 0 saturated heterocycles. The van der Waals surface area contributed by atoms with E-state index in [0.717, 1.165) is 4.88 Å². The van der Waals surface area contributed by atoms with Crippen LogP contribution in [0.4, 0.5) is 5.69 Å². The zero-order valence-electron chi connectivity index (χ0n) is 11.4. The molecule has 0 saturated carbocycles. The predicted molar refractivity (Wildman–Crippen MR) is 82.4 cm³/mol. The summed E-state index contributed by atoms with van der Waals surface area (Å²) < 4.78 is 5.46. The van der Waals surface area contributed by atoms with Crippen LogP contribution in [0, 0.1) is 0 Å². The van der Waals surface area contributed by atoms with Gasteiger partial charge in [0.15, 0.2) is 5.60 Å². The minimum absolute atomic E-state index is 0.163. The quantitative estimate of drug-likeness (QED) is 0.670. The van der Waals surface area contributed by atoms with Crippen LogP contribution >= 0.6 is 11.3 Å². The van der Waals surface area contributed by atoms with Crippen molar-refractivity contribution in [1.82, 2.24) is 0 Å². The summed E-state index contributed by atoms with van der Waals surface area (Å²) in [4.78, 5) is 12.5. The Bertz CT molecular complexity index is 681. The summed E-state index contributed by atoms with van der Waals surface area (Å²) in [6, 6.07) is 10.7. The van der Waals surface area contributed by atoms with Gasteiger partial charge in [-0.15, -0.1) is 11.3 Å². The first-order chi connectivity index (χ1) is 10.1. The number of cyclic esters (lactones) is 1. The fourth-order valence-electron chi connectivity index (χ4n) is 2.38. The number of anilines is 1. The molecule has 0 spiro atoms. The first-order valence-electron chi connectivity index (χ1n) is 6.59. The van der Waals surface area contributed by atoms with Crippen molar-refractivity contribution in [3.05, 3.63) is 58.8 Å². The molecule has 3 rings (SSSR count). The number of carbonyl (C=O) groups is 1. The van der Waals surface area contributed by atoms with E-state index in [1.54, 1.807) is 35.6 Å². The Morgan fingerprint density at radius 1 is 1.29 bits per heavy atom. The molecule has 0 bridgehead atoms. The Morgan fingerprint density at radius 3 is 2.71 bits per heavy atom. The molecule has 1 aliphatic rings. The van der Waals surface area contributed by atoms with Gasteiger partial charge < -0.3 is 15.2 Å². The zero-order chi connectivity index (χ0) is 14.9. The molecule has 21 heavy (non-hydrogen) atoms. The van der Waals surface area contributed by atoms with Crippen molar-refractivity contribution in [2.24, 2.45) is 0 Å². The highest BCUT2D eigenvalue weighted by atomic mass is 32.1. The molecule has 1 aliphatic heterocycles. The van der Waals surface area contributed by atoms with Crippen LogP contribution in [-0.2, 0) is 9.53 Å². The van der Waals surface area contributed by atoms with Crippen LogP contribution in [0.5, 0.6) is 5.75 Å². The second-order valence-corrected chi connectivity index (χ2v) is 6.03. The van der Waals surface area contributed by atoms with Crippen molar-refractivity contribution in [2.75, 3.05) is 5.32 Å². The Hall–Kier alpha value is -2.27. The van der Waals surface area contributed by atoms with E-state index in [2.05, 4.69) is 5.32 Å². The first-order valence-corrected chi connectivity index (χ1v) is 7.46. The monoisotopic (exact) mass is 301 g/mol. The highest BCUT2D eigenvalue weighted by Gasteiger charge is 2.41. The maximum atomic E-state index is 11.5. The molecular weight excluding hydrogens is 286 g/mol. The lowest BCUT2D eigenvalue weighted by atomic mass is 9.95. The number of ether oxygens (including phenoxy) is 1. The SMILES string of the molecule is C[C@]1([C@H](Nc2ccccc2O)c2cccs2)C=CC(=O)O1. The van der Waals surface area contributed by atoms with Crippen molar-refractivity contribution in [3.8, 4) is 5.75 Å². The summed E-state index contributed by atoms with van der Waals surface area (Å²) >= 11 is 1.57. The average Bonchev–Trinajstić information content (AvgIpc) is 3.08. The summed E-state index contributed by atoms with van der Waals surface area (Å²) in [6.45, 7) is 1.85. The van der Waals surface area contributed by atoms with Crippen LogP contribution in [0.15, 0.2) is 53.9 Å². The highest BCUT2D eigenvalue weighted by molar-refractivity contribution is 7.10. The third kappa shape index (κ3) is 2.64. The second-order valence-electron chi connectivity index (χ2n) is 5.05. The molecule has 2 N–H and O–H groups in total. The van der Waals surface area contributed by atoms with E-state index in [4.69, 9.17) is 4.74 Å². The van der Waals surface area contributed by atoms with Crippen molar-refractivity contribution in [1.29, 1.82) is 0 Å². The van der Waals surface area contributed by atoms with E-state index in [0.29, 0.717) is 5.69 Å². The molecule has 0 fully saturated rings. The number of esters is 1. The largest absolute Gasteiger partial charge is 0.506 e. The van der Waals surface area contributed by atoms with Gasteiger partial charge in [-0.25, -0.2) is 4.79 Å². The minimum atomic E-state index is -0.787. The number of phenolic OH excluding ortho intramolecular Hbond substituents is 1. The van der Waals surface area contributed by atoms with Crippen LogP contribution < -0.4 is 5.32 Å². The van der Waals surface area contributed by atoms with Crippen LogP contribution in [0.25, 0.3) is 0 Å². The van der Waals surface area contributed by atoms with Crippen LogP contribution in [-0.4, -0.2) is 16.7 Å². The van der Waals surface area contributed by atoms with Crippen LogP contribution in [0.3, 0.4) is 0 Å². The summed E-state index contributed by atoms with van der Waals surface area (Å²) in [7, 11) is 0. The van der Waals surface area contributed by atoms with E-state index in [-0.39, 0.29) is 17.8 Å². The lowest BCUT2D eigenvalue weighted by molar-refractivity contribution is -0.145. The number of rotatable bonds is 4. The predicted octanol–water partition coefficient (Wildman–Crippen LogP) is 3.48. The van der Waals surface area contributed by atoms with Gasteiger partial charge >= 0.3 is 5.97 Å². The molecule has 5 heteroatoms. The van der Waals surface area contributed by atoms with E-state index < -0.39 is 5.60 Å². The third-order valence-electron chi connectivity index (χ3n) is 3.48. The summed E-state index contributed by atoms with van der Waals surface area (Å²) in [5.74, 6) is -0.186. The van der Waals surface area contributed by atoms with Crippen molar-refractivity contribution < 1.29 is 14.6 Å². The third-order valence-corrected chi connectivity index (χ3v) is 4.41. The molecular formula is C16H15NO3S. The number of para-hydroxylation sites is 2. The van der Waals surface area contributed by atoms with Gasteiger partial charge in [0.25, 0.3) is 0 Å². The first kappa shape index (κ1) is 13.7. The van der Waals surface area contributed by atoms with Crippen molar-refractivity contribution in [2.45, 2.75) is 18.6 Å². The van der Waals surface area contributed by atoms with E-state index in [9.17, 15) is 9.90 Å². The molecule has 0 radical (unpaired) electrons.